The van der Waals surface area contributed by atoms with Gasteiger partial charge < -0.3 is 11.1 Å². The van der Waals surface area contributed by atoms with Gasteiger partial charge >= 0.3 is 0 Å². The van der Waals surface area contributed by atoms with E-state index in [0.717, 1.165) is 11.4 Å². The Bertz CT molecular complexity index is 604. The summed E-state index contributed by atoms with van der Waals surface area (Å²) in [7, 11) is 0. The summed E-state index contributed by atoms with van der Waals surface area (Å²) in [5.74, 6) is 1.31. The zero-order valence-electron chi connectivity index (χ0n) is 12.4. The van der Waals surface area contributed by atoms with Crippen molar-refractivity contribution in [1.82, 2.24) is 20.1 Å². The predicted octanol–water partition coefficient (Wildman–Crippen LogP) is 2.23. The van der Waals surface area contributed by atoms with E-state index in [-0.39, 0.29) is 24.0 Å². The van der Waals surface area contributed by atoms with Gasteiger partial charge in [-0.3, -0.25) is 0 Å². The van der Waals surface area contributed by atoms with Crippen LogP contribution in [0.1, 0.15) is 31.2 Å². The molecule has 0 aliphatic heterocycles. The van der Waals surface area contributed by atoms with Gasteiger partial charge in [-0.15, -0.1) is 24.0 Å². The Morgan fingerprint density at radius 1 is 1.36 bits per heavy atom. The molecule has 0 atom stereocenters. The molecule has 2 aromatic rings. The summed E-state index contributed by atoms with van der Waals surface area (Å²) in [4.78, 5) is 8.70. The maximum absolute atomic E-state index is 5.94. The van der Waals surface area contributed by atoms with Gasteiger partial charge in [-0.05, 0) is 36.6 Å². The highest BCUT2D eigenvalue weighted by Gasteiger charge is 2.14. The third kappa shape index (κ3) is 4.43. The molecule has 0 aromatic carbocycles. The largest absolute Gasteiger partial charge is 0.370 e. The Balaban J connectivity index is 0.00000176. The molecule has 2 aromatic heterocycles. The molecule has 1 saturated carbocycles. The number of nitrogens with zero attached hydrogens (tertiary/aromatic N) is 4. The van der Waals surface area contributed by atoms with E-state index < -0.39 is 0 Å². The van der Waals surface area contributed by atoms with Crippen LogP contribution in [0.4, 0.5) is 0 Å². The van der Waals surface area contributed by atoms with Gasteiger partial charge in [-0.2, -0.15) is 5.10 Å². The molecule has 0 bridgehead atoms. The second-order valence-electron chi connectivity index (χ2n) is 5.30. The van der Waals surface area contributed by atoms with Gasteiger partial charge in [0.05, 0.1) is 6.54 Å². The van der Waals surface area contributed by atoms with Crippen molar-refractivity contribution in [2.24, 2.45) is 10.7 Å². The van der Waals surface area contributed by atoms with Crippen LogP contribution >= 0.6 is 24.0 Å². The maximum atomic E-state index is 5.94. The molecule has 2 heterocycles. The minimum Gasteiger partial charge on any atom is -0.370 e. The fraction of sp³-hybridized carbons (Fsp3) is 0.400. The van der Waals surface area contributed by atoms with Crippen LogP contribution in [0.3, 0.4) is 0 Å². The number of rotatable bonds is 4. The lowest BCUT2D eigenvalue weighted by Crippen LogP contribution is -2.38. The van der Waals surface area contributed by atoms with E-state index in [1.54, 1.807) is 17.1 Å². The molecule has 6 nitrogen and oxygen atoms in total. The van der Waals surface area contributed by atoms with Crippen LogP contribution in [-0.2, 0) is 6.54 Å². The zero-order valence-corrected chi connectivity index (χ0v) is 14.7. The molecule has 22 heavy (non-hydrogen) atoms. The Morgan fingerprint density at radius 3 is 2.91 bits per heavy atom. The number of nitrogens with two attached hydrogens (primary N) is 1. The van der Waals surface area contributed by atoms with Crippen LogP contribution in [0, 0.1) is 0 Å². The lowest BCUT2D eigenvalue weighted by Gasteiger charge is -2.12. The first-order valence-corrected chi connectivity index (χ1v) is 7.33. The molecule has 3 rings (SSSR count). The van der Waals surface area contributed by atoms with E-state index in [2.05, 4.69) is 20.4 Å². The van der Waals surface area contributed by atoms with Crippen LogP contribution in [-0.4, -0.2) is 26.8 Å². The molecule has 0 spiro atoms. The SMILES string of the molecule is I.NC(=NCc1ccnc(-n2cccn2)c1)NC1CCCC1. The molecule has 118 valence electrons. The van der Waals surface area contributed by atoms with E-state index in [4.69, 9.17) is 5.73 Å². The Labute approximate surface area is 147 Å². The van der Waals surface area contributed by atoms with E-state index in [9.17, 15) is 0 Å². The van der Waals surface area contributed by atoms with Gasteiger partial charge in [0.25, 0.3) is 0 Å². The third-order valence-electron chi connectivity index (χ3n) is 3.69. The van der Waals surface area contributed by atoms with Crippen molar-refractivity contribution >= 4 is 29.9 Å². The quantitative estimate of drug-likeness (QED) is 0.459. The standard InChI is InChI=1S/C15H20N6.HI/c16-15(20-13-4-1-2-5-13)18-11-12-6-8-17-14(10-12)21-9-3-7-19-21;/h3,6-10,13H,1-2,4-5,11H2,(H3,16,18,20);1H. The zero-order chi connectivity index (χ0) is 14.5. The van der Waals surface area contributed by atoms with Gasteiger partial charge in [-0.1, -0.05) is 12.8 Å². The average Bonchev–Trinajstić information content (AvgIpc) is 3.19. The summed E-state index contributed by atoms with van der Waals surface area (Å²) in [6.45, 7) is 0.544. The number of aliphatic imine (C=N–C) groups is 1. The van der Waals surface area contributed by atoms with Crippen molar-refractivity contribution in [2.45, 2.75) is 38.3 Å². The topological polar surface area (TPSA) is 81.1 Å². The van der Waals surface area contributed by atoms with E-state index in [0.29, 0.717) is 18.5 Å². The normalized spacial score (nSPS) is 15.5. The fourth-order valence-electron chi connectivity index (χ4n) is 2.59. The molecular formula is C15H21IN6. The van der Waals surface area contributed by atoms with Crippen molar-refractivity contribution in [1.29, 1.82) is 0 Å². The first-order chi connectivity index (χ1) is 10.3. The number of pyridine rings is 1. The number of hydrogen-bond donors (Lipinski definition) is 2. The molecule has 1 aliphatic carbocycles. The summed E-state index contributed by atoms with van der Waals surface area (Å²) in [6.07, 6.45) is 10.3. The highest BCUT2D eigenvalue weighted by Crippen LogP contribution is 2.17. The highest BCUT2D eigenvalue weighted by molar-refractivity contribution is 14.0. The monoisotopic (exact) mass is 412 g/mol. The molecular weight excluding hydrogens is 391 g/mol. The van der Waals surface area contributed by atoms with Crippen molar-refractivity contribution < 1.29 is 0 Å². The van der Waals surface area contributed by atoms with Crippen molar-refractivity contribution in [3.8, 4) is 5.82 Å². The van der Waals surface area contributed by atoms with Crippen molar-refractivity contribution in [2.75, 3.05) is 0 Å². The molecule has 1 aliphatic rings. The van der Waals surface area contributed by atoms with Crippen molar-refractivity contribution in [3.05, 3.63) is 42.4 Å². The predicted molar refractivity (Wildman–Crippen MR) is 97.5 cm³/mol. The van der Waals surface area contributed by atoms with E-state index >= 15 is 0 Å². The lowest BCUT2D eigenvalue weighted by atomic mass is 10.2. The molecule has 1 fully saturated rings. The minimum absolute atomic E-state index is 0. The Kier molecular flexibility index (Phi) is 6.17. The summed E-state index contributed by atoms with van der Waals surface area (Å²) in [6, 6.07) is 6.28. The first-order valence-electron chi connectivity index (χ1n) is 7.33. The van der Waals surface area contributed by atoms with Crippen LogP contribution in [0.25, 0.3) is 5.82 Å². The summed E-state index contributed by atoms with van der Waals surface area (Å²) in [5.41, 5.74) is 7.00. The van der Waals surface area contributed by atoms with Gasteiger partial charge in [0.1, 0.15) is 0 Å². The minimum atomic E-state index is 0. The number of aromatic nitrogens is 3. The van der Waals surface area contributed by atoms with Gasteiger partial charge in [0.2, 0.25) is 0 Å². The maximum Gasteiger partial charge on any atom is 0.189 e. The summed E-state index contributed by atoms with van der Waals surface area (Å²) in [5, 5.41) is 7.46. The number of hydrogen-bond acceptors (Lipinski definition) is 3. The van der Waals surface area contributed by atoms with Crippen LogP contribution in [0.15, 0.2) is 41.8 Å². The van der Waals surface area contributed by atoms with Gasteiger partial charge in [-0.25, -0.2) is 14.7 Å². The van der Waals surface area contributed by atoms with Crippen LogP contribution < -0.4 is 11.1 Å². The molecule has 3 N–H and O–H groups in total. The number of halogens is 1. The van der Waals surface area contributed by atoms with Crippen LogP contribution in [0.5, 0.6) is 0 Å². The third-order valence-corrected chi connectivity index (χ3v) is 3.69. The second kappa shape index (κ2) is 8.11. The first kappa shape index (κ1) is 16.7. The molecule has 0 amide bonds. The average molecular weight is 412 g/mol. The second-order valence-corrected chi connectivity index (χ2v) is 5.30. The lowest BCUT2D eigenvalue weighted by molar-refractivity contribution is 0.625. The molecule has 0 saturated heterocycles. The molecule has 7 heteroatoms. The number of nitrogens with one attached hydrogen (secondary N) is 1. The highest BCUT2D eigenvalue weighted by atomic mass is 127. The van der Waals surface area contributed by atoms with Gasteiger partial charge in [0.15, 0.2) is 11.8 Å². The summed E-state index contributed by atoms with van der Waals surface area (Å²) >= 11 is 0. The smallest absolute Gasteiger partial charge is 0.189 e. The Morgan fingerprint density at radius 2 is 2.18 bits per heavy atom. The molecule has 0 unspecified atom stereocenters. The Hall–Kier alpha value is -1.64. The van der Waals surface area contributed by atoms with E-state index in [1.165, 1.54) is 25.7 Å². The molecule has 0 radical (unpaired) electrons. The van der Waals surface area contributed by atoms with E-state index in [1.807, 2.05) is 24.4 Å². The van der Waals surface area contributed by atoms with Gasteiger partial charge in [0, 0.05) is 24.6 Å². The fourth-order valence-corrected chi connectivity index (χ4v) is 2.59. The van der Waals surface area contributed by atoms with Crippen molar-refractivity contribution in [3.63, 3.8) is 0 Å². The van der Waals surface area contributed by atoms with Crippen LogP contribution in [0.2, 0.25) is 0 Å². The number of guanidine groups is 1. The summed E-state index contributed by atoms with van der Waals surface area (Å²) < 4.78 is 1.73.